The molecule has 98 valence electrons. The third-order valence-electron chi connectivity index (χ3n) is 3.55. The molecule has 0 spiro atoms. The highest BCUT2D eigenvalue weighted by atomic mass is 16.2. The third kappa shape index (κ3) is 3.33. The van der Waals surface area contributed by atoms with Gasteiger partial charge in [-0.25, -0.2) is 0 Å². The molecule has 1 fully saturated rings. The predicted octanol–water partition coefficient (Wildman–Crippen LogP) is 2.48. The molecule has 1 aliphatic rings. The van der Waals surface area contributed by atoms with Crippen molar-refractivity contribution < 1.29 is 4.79 Å². The summed E-state index contributed by atoms with van der Waals surface area (Å²) >= 11 is 0. The molecular formula is C15H22N2O. The maximum atomic E-state index is 12.1. The van der Waals surface area contributed by atoms with E-state index in [4.69, 9.17) is 5.73 Å². The van der Waals surface area contributed by atoms with Crippen LogP contribution in [0.15, 0.2) is 30.3 Å². The second-order valence-electron chi connectivity index (χ2n) is 4.97. The lowest BCUT2D eigenvalue weighted by Crippen LogP contribution is -2.33. The Balaban J connectivity index is 1.82. The average Bonchev–Trinajstić information content (AvgIpc) is 3.22. The topological polar surface area (TPSA) is 46.3 Å². The Morgan fingerprint density at radius 2 is 2.06 bits per heavy atom. The van der Waals surface area contributed by atoms with Crippen LogP contribution in [0.5, 0.6) is 0 Å². The smallest absolute Gasteiger partial charge is 0.222 e. The Kier molecular flexibility index (Phi) is 4.37. The summed E-state index contributed by atoms with van der Waals surface area (Å²) in [5, 5.41) is 0. The van der Waals surface area contributed by atoms with E-state index in [1.807, 2.05) is 42.2 Å². The molecule has 0 aromatic heterocycles. The highest BCUT2D eigenvalue weighted by molar-refractivity contribution is 5.76. The van der Waals surface area contributed by atoms with Crippen LogP contribution in [-0.4, -0.2) is 23.4 Å². The Bertz CT molecular complexity index is 387. The van der Waals surface area contributed by atoms with Crippen molar-refractivity contribution in [1.29, 1.82) is 0 Å². The SMILES string of the molecule is CCN(C(=O)CCC(N)c1ccccc1)C1CC1. The second kappa shape index (κ2) is 6.01. The minimum Gasteiger partial charge on any atom is -0.340 e. The number of rotatable bonds is 6. The van der Waals surface area contributed by atoms with Crippen LogP contribution >= 0.6 is 0 Å². The van der Waals surface area contributed by atoms with E-state index < -0.39 is 0 Å². The summed E-state index contributed by atoms with van der Waals surface area (Å²) in [6, 6.07) is 10.5. The van der Waals surface area contributed by atoms with Gasteiger partial charge in [-0.2, -0.15) is 0 Å². The molecule has 3 heteroatoms. The molecule has 1 amide bonds. The first-order valence-electron chi connectivity index (χ1n) is 6.82. The van der Waals surface area contributed by atoms with E-state index >= 15 is 0 Å². The number of nitrogens with zero attached hydrogens (tertiary/aromatic N) is 1. The molecule has 2 rings (SSSR count). The van der Waals surface area contributed by atoms with Gasteiger partial charge in [-0.3, -0.25) is 4.79 Å². The molecule has 0 heterocycles. The Morgan fingerprint density at radius 3 is 2.61 bits per heavy atom. The first kappa shape index (κ1) is 13.1. The summed E-state index contributed by atoms with van der Waals surface area (Å²) in [5.41, 5.74) is 7.22. The molecule has 2 N–H and O–H groups in total. The lowest BCUT2D eigenvalue weighted by molar-refractivity contribution is -0.131. The molecule has 0 radical (unpaired) electrons. The predicted molar refractivity (Wildman–Crippen MR) is 73.0 cm³/mol. The minimum absolute atomic E-state index is 0.0342. The number of amides is 1. The maximum Gasteiger partial charge on any atom is 0.222 e. The van der Waals surface area contributed by atoms with Crippen LogP contribution in [0, 0.1) is 0 Å². The zero-order valence-corrected chi connectivity index (χ0v) is 11.0. The van der Waals surface area contributed by atoms with Crippen molar-refractivity contribution in [2.24, 2.45) is 5.73 Å². The van der Waals surface area contributed by atoms with Gasteiger partial charge >= 0.3 is 0 Å². The summed E-state index contributed by atoms with van der Waals surface area (Å²) < 4.78 is 0. The standard InChI is InChI=1S/C15H22N2O/c1-2-17(13-8-9-13)15(18)11-10-14(16)12-6-4-3-5-7-12/h3-7,13-14H,2,8-11,16H2,1H3. The van der Waals surface area contributed by atoms with Crippen molar-refractivity contribution >= 4 is 5.91 Å². The quantitative estimate of drug-likeness (QED) is 0.838. The molecule has 1 aromatic carbocycles. The Hall–Kier alpha value is -1.35. The first-order valence-corrected chi connectivity index (χ1v) is 6.82. The van der Waals surface area contributed by atoms with Gasteiger partial charge in [0.15, 0.2) is 0 Å². The van der Waals surface area contributed by atoms with Crippen LogP contribution in [0.25, 0.3) is 0 Å². The normalized spacial score (nSPS) is 16.3. The van der Waals surface area contributed by atoms with E-state index in [9.17, 15) is 4.79 Å². The van der Waals surface area contributed by atoms with Crippen molar-refractivity contribution in [3.63, 3.8) is 0 Å². The monoisotopic (exact) mass is 246 g/mol. The first-order chi connectivity index (χ1) is 8.72. The third-order valence-corrected chi connectivity index (χ3v) is 3.55. The fraction of sp³-hybridized carbons (Fsp3) is 0.533. The van der Waals surface area contributed by atoms with Gasteiger partial charge in [-0.1, -0.05) is 30.3 Å². The van der Waals surface area contributed by atoms with Crippen molar-refractivity contribution in [1.82, 2.24) is 4.90 Å². The molecule has 1 saturated carbocycles. The van der Waals surface area contributed by atoms with Crippen LogP contribution in [-0.2, 0) is 4.79 Å². The van der Waals surface area contributed by atoms with Crippen LogP contribution < -0.4 is 5.73 Å². The highest BCUT2D eigenvalue weighted by Gasteiger charge is 2.31. The molecule has 1 aromatic rings. The number of carbonyl (C=O) groups excluding carboxylic acids is 1. The zero-order chi connectivity index (χ0) is 13.0. The molecule has 1 aliphatic carbocycles. The summed E-state index contributed by atoms with van der Waals surface area (Å²) in [4.78, 5) is 14.1. The number of hydrogen-bond acceptors (Lipinski definition) is 2. The van der Waals surface area contributed by atoms with E-state index in [-0.39, 0.29) is 11.9 Å². The van der Waals surface area contributed by atoms with Crippen molar-refractivity contribution in [2.45, 2.75) is 44.7 Å². The van der Waals surface area contributed by atoms with E-state index in [2.05, 4.69) is 0 Å². The van der Waals surface area contributed by atoms with Crippen LogP contribution in [0.3, 0.4) is 0 Å². The maximum absolute atomic E-state index is 12.1. The van der Waals surface area contributed by atoms with Crippen molar-refractivity contribution in [3.8, 4) is 0 Å². The number of nitrogens with two attached hydrogens (primary N) is 1. The van der Waals surface area contributed by atoms with E-state index in [0.29, 0.717) is 12.5 Å². The lowest BCUT2D eigenvalue weighted by Gasteiger charge is -2.21. The van der Waals surface area contributed by atoms with Gasteiger partial charge < -0.3 is 10.6 Å². The van der Waals surface area contributed by atoms with Crippen LogP contribution in [0.2, 0.25) is 0 Å². The van der Waals surface area contributed by atoms with E-state index in [1.165, 1.54) is 12.8 Å². The van der Waals surface area contributed by atoms with Gasteiger partial charge in [0.05, 0.1) is 0 Å². The fourth-order valence-corrected chi connectivity index (χ4v) is 2.31. The van der Waals surface area contributed by atoms with E-state index in [0.717, 1.165) is 18.5 Å². The molecule has 0 aliphatic heterocycles. The summed E-state index contributed by atoms with van der Waals surface area (Å²) in [7, 11) is 0. The van der Waals surface area contributed by atoms with Crippen LogP contribution in [0.4, 0.5) is 0 Å². The summed E-state index contributed by atoms with van der Waals surface area (Å²) in [5.74, 6) is 0.256. The second-order valence-corrected chi connectivity index (χ2v) is 4.97. The van der Waals surface area contributed by atoms with Crippen molar-refractivity contribution in [2.75, 3.05) is 6.54 Å². The number of carbonyl (C=O) groups is 1. The van der Waals surface area contributed by atoms with Gasteiger partial charge in [0, 0.05) is 25.0 Å². The van der Waals surface area contributed by atoms with Gasteiger partial charge in [0.1, 0.15) is 0 Å². The van der Waals surface area contributed by atoms with Gasteiger partial charge in [0.2, 0.25) is 5.91 Å². The highest BCUT2D eigenvalue weighted by Crippen LogP contribution is 2.27. The largest absolute Gasteiger partial charge is 0.340 e. The zero-order valence-electron chi connectivity index (χ0n) is 11.0. The molecule has 1 atom stereocenters. The van der Waals surface area contributed by atoms with Crippen molar-refractivity contribution in [3.05, 3.63) is 35.9 Å². The number of hydrogen-bond donors (Lipinski definition) is 1. The molecule has 1 unspecified atom stereocenters. The molecule has 0 saturated heterocycles. The lowest BCUT2D eigenvalue weighted by atomic mass is 10.0. The van der Waals surface area contributed by atoms with Gasteiger partial charge in [-0.15, -0.1) is 0 Å². The molecular weight excluding hydrogens is 224 g/mol. The summed E-state index contributed by atoms with van der Waals surface area (Å²) in [6.07, 6.45) is 3.63. The molecule has 18 heavy (non-hydrogen) atoms. The van der Waals surface area contributed by atoms with Gasteiger partial charge in [-0.05, 0) is 31.7 Å². The Morgan fingerprint density at radius 1 is 1.39 bits per heavy atom. The van der Waals surface area contributed by atoms with E-state index in [1.54, 1.807) is 0 Å². The van der Waals surface area contributed by atoms with Gasteiger partial charge in [0.25, 0.3) is 0 Å². The average molecular weight is 246 g/mol. The minimum atomic E-state index is -0.0342. The number of benzene rings is 1. The van der Waals surface area contributed by atoms with Crippen LogP contribution in [0.1, 0.15) is 44.2 Å². The molecule has 3 nitrogen and oxygen atoms in total. The fourth-order valence-electron chi connectivity index (χ4n) is 2.31. The molecule has 0 bridgehead atoms. The Labute approximate surface area is 109 Å². The summed E-state index contributed by atoms with van der Waals surface area (Å²) in [6.45, 7) is 2.87.